The average molecular weight is 436 g/mol. The van der Waals surface area contributed by atoms with Crippen molar-refractivity contribution in [3.63, 3.8) is 0 Å². The van der Waals surface area contributed by atoms with Crippen molar-refractivity contribution in [2.24, 2.45) is 27.9 Å². The molecule has 7 heteroatoms. The lowest BCUT2D eigenvalue weighted by molar-refractivity contribution is -0.142. The molecular weight excluding hydrogens is 394 g/mol. The maximum absolute atomic E-state index is 13.4. The van der Waals surface area contributed by atoms with Crippen LogP contribution in [0.25, 0.3) is 0 Å². The molecule has 1 saturated heterocycles. The van der Waals surface area contributed by atoms with Gasteiger partial charge in [-0.2, -0.15) is 0 Å². The number of nitrogens with one attached hydrogen (secondary N) is 1. The van der Waals surface area contributed by atoms with Gasteiger partial charge in [-0.05, 0) is 48.3 Å². The van der Waals surface area contributed by atoms with E-state index in [1.165, 1.54) is 6.92 Å². The summed E-state index contributed by atoms with van der Waals surface area (Å²) in [4.78, 5) is 40.3. The van der Waals surface area contributed by atoms with Crippen LogP contribution in [0.15, 0.2) is 0 Å². The molecule has 0 aromatic heterocycles. The van der Waals surface area contributed by atoms with E-state index in [1.54, 1.807) is 4.90 Å². The molecule has 0 aromatic rings. The molecular formula is C24H41N3O4. The molecule has 2 saturated carbocycles. The normalized spacial score (nSPS) is 30.5. The largest absolute Gasteiger partial charge is 0.383 e. The molecule has 7 nitrogen and oxygen atoms in total. The van der Waals surface area contributed by atoms with Gasteiger partial charge < -0.3 is 21.1 Å². The lowest BCUT2D eigenvalue weighted by Crippen LogP contribution is -2.57. The van der Waals surface area contributed by atoms with Crippen LogP contribution in [-0.2, 0) is 14.4 Å². The van der Waals surface area contributed by atoms with Crippen molar-refractivity contribution in [3.8, 4) is 0 Å². The van der Waals surface area contributed by atoms with E-state index < -0.39 is 29.6 Å². The van der Waals surface area contributed by atoms with E-state index in [9.17, 15) is 19.5 Å². The van der Waals surface area contributed by atoms with Gasteiger partial charge in [0.2, 0.25) is 11.8 Å². The number of nitrogens with zero attached hydrogens (tertiary/aromatic N) is 1. The number of ketones is 1. The molecule has 1 heterocycles. The van der Waals surface area contributed by atoms with Crippen LogP contribution in [0.3, 0.4) is 0 Å². The van der Waals surface area contributed by atoms with E-state index in [1.807, 2.05) is 20.8 Å². The van der Waals surface area contributed by atoms with Crippen molar-refractivity contribution in [1.29, 1.82) is 0 Å². The van der Waals surface area contributed by atoms with E-state index in [4.69, 9.17) is 5.73 Å². The SMILES string of the molecule is CC(=O)C(O)C(CC1CCC1)NC(=O)[C@@H]1CC2(CN1C(=O)[C@@H](N)C(C)(C)C)CC2(C)C. The van der Waals surface area contributed by atoms with E-state index >= 15 is 0 Å². The zero-order chi connectivity index (χ0) is 23.4. The van der Waals surface area contributed by atoms with Gasteiger partial charge in [0.1, 0.15) is 12.1 Å². The zero-order valence-corrected chi connectivity index (χ0v) is 20.0. The monoisotopic (exact) mass is 435 g/mol. The second kappa shape index (κ2) is 8.14. The molecule has 2 aliphatic carbocycles. The summed E-state index contributed by atoms with van der Waals surface area (Å²) in [6, 6.07) is -1.94. The Bertz CT molecular complexity index is 740. The van der Waals surface area contributed by atoms with Crippen LogP contribution in [0, 0.1) is 22.2 Å². The summed E-state index contributed by atoms with van der Waals surface area (Å²) in [5, 5.41) is 13.4. The predicted molar refractivity (Wildman–Crippen MR) is 119 cm³/mol. The number of rotatable bonds is 7. The lowest BCUT2D eigenvalue weighted by Gasteiger charge is -2.35. The molecule has 3 rings (SSSR count). The van der Waals surface area contributed by atoms with Gasteiger partial charge in [-0.1, -0.05) is 53.9 Å². The second-order valence-electron chi connectivity index (χ2n) is 12.1. The maximum Gasteiger partial charge on any atom is 0.243 e. The minimum atomic E-state index is -1.22. The highest BCUT2D eigenvalue weighted by Crippen LogP contribution is 2.68. The number of carbonyl (C=O) groups excluding carboxylic acids is 3. The first kappa shape index (κ1) is 24.2. The van der Waals surface area contributed by atoms with Gasteiger partial charge >= 0.3 is 0 Å². The predicted octanol–water partition coefficient (Wildman–Crippen LogP) is 2.00. The van der Waals surface area contributed by atoms with Crippen molar-refractivity contribution in [2.45, 2.75) is 104 Å². The summed E-state index contributed by atoms with van der Waals surface area (Å²) in [6.45, 7) is 12.0. The van der Waals surface area contributed by atoms with Gasteiger partial charge in [-0.25, -0.2) is 0 Å². The fourth-order valence-electron chi connectivity index (χ4n) is 5.33. The van der Waals surface area contributed by atoms with Crippen molar-refractivity contribution in [3.05, 3.63) is 0 Å². The molecule has 176 valence electrons. The minimum Gasteiger partial charge on any atom is -0.383 e. The number of hydrogen-bond acceptors (Lipinski definition) is 5. The van der Waals surface area contributed by atoms with E-state index in [-0.39, 0.29) is 28.4 Å². The molecule has 0 radical (unpaired) electrons. The summed E-state index contributed by atoms with van der Waals surface area (Å²) in [5.74, 6) is -0.407. The highest BCUT2D eigenvalue weighted by atomic mass is 16.3. The second-order valence-corrected chi connectivity index (χ2v) is 12.1. The lowest BCUT2D eigenvalue weighted by atomic mass is 9.79. The minimum absolute atomic E-state index is 0.0646. The first-order valence-electron chi connectivity index (χ1n) is 11.7. The summed E-state index contributed by atoms with van der Waals surface area (Å²) >= 11 is 0. The molecule has 1 aliphatic heterocycles. The molecule has 3 fully saturated rings. The van der Waals surface area contributed by atoms with Crippen LogP contribution in [0.1, 0.15) is 80.1 Å². The van der Waals surface area contributed by atoms with Gasteiger partial charge in [0.05, 0.1) is 12.1 Å². The molecule has 3 unspecified atom stereocenters. The third kappa shape index (κ3) is 4.68. The first-order valence-corrected chi connectivity index (χ1v) is 11.7. The molecule has 4 N–H and O–H groups in total. The summed E-state index contributed by atoms with van der Waals surface area (Å²) < 4.78 is 0. The number of aliphatic hydroxyl groups excluding tert-OH is 1. The van der Waals surface area contributed by atoms with Crippen LogP contribution in [0.2, 0.25) is 0 Å². The number of aliphatic hydroxyl groups is 1. The number of likely N-dealkylation sites (tertiary alicyclic amines) is 1. The van der Waals surface area contributed by atoms with Crippen LogP contribution >= 0.6 is 0 Å². The Morgan fingerprint density at radius 2 is 1.81 bits per heavy atom. The molecule has 1 spiro atoms. The Hall–Kier alpha value is -1.47. The Labute approximate surface area is 186 Å². The third-order valence-corrected chi connectivity index (χ3v) is 8.25. The van der Waals surface area contributed by atoms with Crippen molar-refractivity contribution >= 4 is 17.6 Å². The maximum atomic E-state index is 13.4. The van der Waals surface area contributed by atoms with Gasteiger partial charge in [0.25, 0.3) is 0 Å². The fourth-order valence-corrected chi connectivity index (χ4v) is 5.33. The molecule has 5 atom stereocenters. The Morgan fingerprint density at radius 1 is 1.23 bits per heavy atom. The Balaban J connectivity index is 1.79. The first-order chi connectivity index (χ1) is 14.2. The highest BCUT2D eigenvalue weighted by molar-refractivity contribution is 5.91. The van der Waals surface area contributed by atoms with Crippen LogP contribution in [0.5, 0.6) is 0 Å². The third-order valence-electron chi connectivity index (χ3n) is 8.25. The zero-order valence-electron chi connectivity index (χ0n) is 20.0. The quantitative estimate of drug-likeness (QED) is 0.566. The molecule has 31 heavy (non-hydrogen) atoms. The molecule has 3 aliphatic rings. The number of carbonyl (C=O) groups is 3. The average Bonchev–Trinajstić information content (AvgIpc) is 2.96. The summed E-state index contributed by atoms with van der Waals surface area (Å²) in [6.07, 6.45) is 4.20. The van der Waals surface area contributed by atoms with E-state index in [0.29, 0.717) is 25.3 Å². The summed E-state index contributed by atoms with van der Waals surface area (Å²) in [7, 11) is 0. The van der Waals surface area contributed by atoms with Crippen molar-refractivity contribution in [2.75, 3.05) is 6.54 Å². The Kier molecular flexibility index (Phi) is 6.35. The highest BCUT2D eigenvalue weighted by Gasteiger charge is 2.67. The van der Waals surface area contributed by atoms with Crippen molar-refractivity contribution in [1.82, 2.24) is 10.2 Å². The van der Waals surface area contributed by atoms with Crippen LogP contribution in [-0.4, -0.2) is 58.4 Å². The number of amides is 2. The number of Topliss-reactive ketones (excluding diaryl/α,β-unsaturated/α-hetero) is 1. The van der Waals surface area contributed by atoms with Crippen LogP contribution < -0.4 is 11.1 Å². The molecule has 0 bridgehead atoms. The van der Waals surface area contributed by atoms with Gasteiger partial charge in [0, 0.05) is 6.54 Å². The fraction of sp³-hybridized carbons (Fsp3) is 0.875. The van der Waals surface area contributed by atoms with E-state index in [2.05, 4.69) is 19.2 Å². The van der Waals surface area contributed by atoms with Gasteiger partial charge in [-0.3, -0.25) is 14.4 Å². The topological polar surface area (TPSA) is 113 Å². The van der Waals surface area contributed by atoms with E-state index in [0.717, 1.165) is 25.7 Å². The van der Waals surface area contributed by atoms with Crippen LogP contribution in [0.4, 0.5) is 0 Å². The Morgan fingerprint density at radius 3 is 2.23 bits per heavy atom. The summed E-state index contributed by atoms with van der Waals surface area (Å²) in [5.41, 5.74) is 5.89. The standard InChI is InChI=1S/C24H41N3O4/c1-14(28)18(29)16(10-15-8-7-9-15)26-20(30)17-11-24(12-23(24,5)6)13-27(17)21(31)19(25)22(2,3)4/h15-19,29H,7-13,25H2,1-6H3,(H,26,30)/t16?,17-,18?,19+,24?/m0/s1. The van der Waals surface area contributed by atoms with Gasteiger partial charge in [0.15, 0.2) is 5.78 Å². The molecule has 0 aromatic carbocycles. The number of nitrogens with two attached hydrogens (primary N) is 1. The smallest absolute Gasteiger partial charge is 0.243 e. The van der Waals surface area contributed by atoms with Gasteiger partial charge in [-0.15, -0.1) is 0 Å². The van der Waals surface area contributed by atoms with Crippen molar-refractivity contribution < 1.29 is 19.5 Å². The molecule has 2 amide bonds. The number of hydrogen-bond donors (Lipinski definition) is 3.